The highest BCUT2D eigenvalue weighted by molar-refractivity contribution is 9.10. The van der Waals surface area contributed by atoms with Crippen molar-refractivity contribution >= 4 is 38.4 Å². The summed E-state index contributed by atoms with van der Waals surface area (Å²) in [6.45, 7) is 7.82. The highest BCUT2D eigenvalue weighted by Crippen LogP contribution is 2.28. The summed E-state index contributed by atoms with van der Waals surface area (Å²) in [5, 5.41) is 0. The second-order valence-corrected chi connectivity index (χ2v) is 7.41. The van der Waals surface area contributed by atoms with Crippen LogP contribution in [0.15, 0.2) is 51.6 Å². The van der Waals surface area contributed by atoms with Gasteiger partial charge in [0.25, 0.3) is 0 Å². The number of aromatic nitrogens is 3. The molecule has 0 unspecified atom stereocenters. The lowest BCUT2D eigenvalue weighted by Crippen LogP contribution is -2.03. The Morgan fingerprint density at radius 1 is 1.12 bits per heavy atom. The minimum Gasteiger partial charge on any atom is -0.322 e. The fourth-order valence-electron chi connectivity index (χ4n) is 3.39. The van der Waals surface area contributed by atoms with Crippen LogP contribution in [0.5, 0.6) is 0 Å². The Morgan fingerprint density at radius 3 is 2.56 bits per heavy atom. The molecule has 25 heavy (non-hydrogen) atoms. The van der Waals surface area contributed by atoms with Gasteiger partial charge in [-0.3, -0.25) is 4.99 Å². The van der Waals surface area contributed by atoms with E-state index in [-0.39, 0.29) is 0 Å². The normalized spacial score (nSPS) is 14.5. The Labute approximate surface area is 155 Å². The average Bonchev–Trinajstić information content (AvgIpc) is 3.09. The molecule has 1 aromatic carbocycles. The van der Waals surface area contributed by atoms with E-state index in [0.717, 1.165) is 45.8 Å². The number of nitrogens with zero attached hydrogens (tertiary/aromatic N) is 4. The van der Waals surface area contributed by atoms with Crippen LogP contribution >= 0.6 is 15.9 Å². The van der Waals surface area contributed by atoms with Gasteiger partial charge in [0.05, 0.1) is 12.1 Å². The second-order valence-electron chi connectivity index (χ2n) is 6.50. The molecule has 126 valence electrons. The first-order valence-corrected chi connectivity index (χ1v) is 9.11. The van der Waals surface area contributed by atoms with Crippen LogP contribution in [0, 0.1) is 6.92 Å². The van der Waals surface area contributed by atoms with E-state index in [9.17, 15) is 0 Å². The molecular formula is C20H19BrN4. The molecule has 0 aliphatic carbocycles. The van der Waals surface area contributed by atoms with E-state index in [1.165, 1.54) is 16.7 Å². The van der Waals surface area contributed by atoms with Gasteiger partial charge in [-0.15, -0.1) is 0 Å². The van der Waals surface area contributed by atoms with Crippen molar-refractivity contribution in [1.29, 1.82) is 0 Å². The van der Waals surface area contributed by atoms with E-state index in [0.29, 0.717) is 0 Å². The Kier molecular flexibility index (Phi) is 4.04. The van der Waals surface area contributed by atoms with Crippen LogP contribution in [0.3, 0.4) is 0 Å². The van der Waals surface area contributed by atoms with Gasteiger partial charge in [-0.2, -0.15) is 0 Å². The standard InChI is InChI=1S/C20H19BrN4/c1-12-9-22-13(2)19(12)16-8-18-20(23-10-16)24-14(3)25(18)11-15-4-6-17(21)7-5-15/h4-8,10H,9,11H2,1-3H3. The Bertz CT molecular complexity index is 1030. The van der Waals surface area contributed by atoms with E-state index < -0.39 is 0 Å². The van der Waals surface area contributed by atoms with Gasteiger partial charge in [-0.25, -0.2) is 9.97 Å². The van der Waals surface area contributed by atoms with Gasteiger partial charge in [-0.1, -0.05) is 28.1 Å². The van der Waals surface area contributed by atoms with E-state index in [1.807, 2.05) is 13.1 Å². The lowest BCUT2D eigenvalue weighted by molar-refractivity contribution is 0.786. The smallest absolute Gasteiger partial charge is 0.177 e. The highest BCUT2D eigenvalue weighted by atomic mass is 79.9. The number of imidazole rings is 1. The summed E-state index contributed by atoms with van der Waals surface area (Å²) in [4.78, 5) is 13.8. The van der Waals surface area contributed by atoms with E-state index in [1.54, 1.807) is 0 Å². The number of hydrogen-bond acceptors (Lipinski definition) is 3. The molecule has 0 saturated heterocycles. The second kappa shape index (κ2) is 6.23. The van der Waals surface area contributed by atoms with Crippen LogP contribution in [-0.2, 0) is 6.54 Å². The minimum atomic E-state index is 0.784. The van der Waals surface area contributed by atoms with Gasteiger partial charge in [-0.05, 0) is 50.1 Å². The third-order valence-electron chi connectivity index (χ3n) is 4.68. The van der Waals surface area contributed by atoms with Crippen molar-refractivity contribution in [2.45, 2.75) is 27.3 Å². The van der Waals surface area contributed by atoms with Crippen LogP contribution in [0.1, 0.15) is 30.8 Å². The Hall–Kier alpha value is -2.27. The monoisotopic (exact) mass is 394 g/mol. The number of halogens is 1. The summed E-state index contributed by atoms with van der Waals surface area (Å²) in [5.41, 5.74) is 7.85. The molecule has 1 aliphatic heterocycles. The minimum absolute atomic E-state index is 0.784. The zero-order valence-corrected chi connectivity index (χ0v) is 16.1. The Balaban J connectivity index is 1.80. The third-order valence-corrected chi connectivity index (χ3v) is 5.21. The van der Waals surface area contributed by atoms with Crippen molar-refractivity contribution in [3.8, 4) is 0 Å². The molecular weight excluding hydrogens is 376 g/mol. The van der Waals surface area contributed by atoms with Crippen molar-refractivity contribution in [1.82, 2.24) is 14.5 Å². The number of aliphatic imine (C=N–C) groups is 1. The molecule has 0 N–H and O–H groups in total. The largest absolute Gasteiger partial charge is 0.322 e. The van der Waals surface area contributed by atoms with Crippen LogP contribution < -0.4 is 0 Å². The first-order chi connectivity index (χ1) is 12.0. The van der Waals surface area contributed by atoms with Gasteiger partial charge in [0.2, 0.25) is 0 Å². The molecule has 0 atom stereocenters. The van der Waals surface area contributed by atoms with Crippen LogP contribution in [0.4, 0.5) is 0 Å². The topological polar surface area (TPSA) is 43.1 Å². The summed E-state index contributed by atoms with van der Waals surface area (Å²) in [5.74, 6) is 0.977. The first kappa shape index (κ1) is 16.2. The number of fused-ring (bicyclic) bond motifs is 1. The molecule has 0 saturated carbocycles. The zero-order valence-electron chi connectivity index (χ0n) is 14.5. The average molecular weight is 395 g/mol. The molecule has 2 aromatic heterocycles. The number of benzene rings is 1. The summed E-state index contributed by atoms with van der Waals surface area (Å²) in [6, 6.07) is 10.6. The third kappa shape index (κ3) is 2.93. The molecule has 3 heterocycles. The van der Waals surface area contributed by atoms with Crippen LogP contribution in [0.2, 0.25) is 0 Å². The summed E-state index contributed by atoms with van der Waals surface area (Å²) < 4.78 is 3.32. The molecule has 5 heteroatoms. The number of allylic oxidation sites excluding steroid dienone is 1. The van der Waals surface area contributed by atoms with Gasteiger partial charge >= 0.3 is 0 Å². The fraction of sp³-hybridized carbons (Fsp3) is 0.250. The molecule has 3 aromatic rings. The van der Waals surface area contributed by atoms with Gasteiger partial charge in [0.15, 0.2) is 5.65 Å². The molecule has 4 nitrogen and oxygen atoms in total. The molecule has 1 aliphatic rings. The number of aryl methyl sites for hydroxylation is 1. The molecule has 0 radical (unpaired) electrons. The van der Waals surface area contributed by atoms with Crippen LogP contribution in [-0.4, -0.2) is 26.8 Å². The van der Waals surface area contributed by atoms with Crippen molar-refractivity contribution in [2.75, 3.05) is 6.54 Å². The van der Waals surface area contributed by atoms with Gasteiger partial charge in [0.1, 0.15) is 5.82 Å². The van der Waals surface area contributed by atoms with E-state index in [4.69, 9.17) is 0 Å². The fourth-order valence-corrected chi connectivity index (χ4v) is 3.65. The van der Waals surface area contributed by atoms with E-state index in [2.05, 4.69) is 79.6 Å². The number of rotatable bonds is 3. The predicted octanol–water partition coefficient (Wildman–Crippen LogP) is 4.80. The highest BCUT2D eigenvalue weighted by Gasteiger charge is 2.17. The quantitative estimate of drug-likeness (QED) is 0.640. The van der Waals surface area contributed by atoms with Crippen LogP contribution in [0.25, 0.3) is 16.7 Å². The number of pyridine rings is 1. The Morgan fingerprint density at radius 2 is 1.88 bits per heavy atom. The van der Waals surface area contributed by atoms with Crippen molar-refractivity contribution in [2.24, 2.45) is 4.99 Å². The lowest BCUT2D eigenvalue weighted by atomic mass is 10.0. The number of hydrogen-bond donors (Lipinski definition) is 0. The van der Waals surface area contributed by atoms with Crippen molar-refractivity contribution in [3.05, 3.63) is 63.5 Å². The van der Waals surface area contributed by atoms with E-state index >= 15 is 0 Å². The van der Waals surface area contributed by atoms with Crippen molar-refractivity contribution in [3.63, 3.8) is 0 Å². The molecule has 4 rings (SSSR count). The van der Waals surface area contributed by atoms with Crippen molar-refractivity contribution < 1.29 is 0 Å². The summed E-state index contributed by atoms with van der Waals surface area (Å²) in [7, 11) is 0. The molecule has 0 bridgehead atoms. The maximum atomic E-state index is 4.63. The zero-order chi connectivity index (χ0) is 17.6. The SMILES string of the molecule is CC1=NCC(C)=C1c1cnc2nc(C)n(Cc3ccc(Br)cc3)c2c1. The maximum absolute atomic E-state index is 4.63. The molecule has 0 amide bonds. The molecule has 0 spiro atoms. The summed E-state index contributed by atoms with van der Waals surface area (Å²) >= 11 is 3.49. The lowest BCUT2D eigenvalue weighted by Gasteiger charge is -2.09. The molecule has 0 fully saturated rings. The first-order valence-electron chi connectivity index (χ1n) is 8.32. The van der Waals surface area contributed by atoms with Gasteiger partial charge < -0.3 is 4.57 Å². The predicted molar refractivity (Wildman–Crippen MR) is 106 cm³/mol. The maximum Gasteiger partial charge on any atom is 0.177 e. The summed E-state index contributed by atoms with van der Waals surface area (Å²) in [6.07, 6.45) is 1.92. The van der Waals surface area contributed by atoms with Gasteiger partial charge in [0, 0.05) is 34.1 Å².